The lowest BCUT2D eigenvalue weighted by Gasteiger charge is -2.41. The third-order valence-electron chi connectivity index (χ3n) is 5.56. The molecule has 0 saturated carbocycles. The fourth-order valence-electron chi connectivity index (χ4n) is 4.23. The van der Waals surface area contributed by atoms with Gasteiger partial charge in [-0.05, 0) is 55.4 Å². The largest absolute Gasteiger partial charge is 0.338 e. The molecule has 0 radical (unpaired) electrons. The van der Waals surface area contributed by atoms with Crippen LogP contribution in [0, 0.1) is 6.92 Å². The van der Waals surface area contributed by atoms with Crippen molar-refractivity contribution < 1.29 is 13.2 Å². The number of hydrogen-bond donors (Lipinski definition) is 2. The Morgan fingerprint density at radius 1 is 1.17 bits per heavy atom. The van der Waals surface area contributed by atoms with Crippen LogP contribution >= 0.6 is 0 Å². The predicted molar refractivity (Wildman–Crippen MR) is 121 cm³/mol. The summed E-state index contributed by atoms with van der Waals surface area (Å²) in [7, 11) is -3.38. The molecule has 6 nitrogen and oxygen atoms in total. The Hall–Kier alpha value is -2.38. The fraction of sp³-hybridized carbons (Fsp3) is 0.435. The van der Waals surface area contributed by atoms with Gasteiger partial charge >= 0.3 is 6.03 Å². The molecule has 1 aliphatic heterocycles. The van der Waals surface area contributed by atoms with Gasteiger partial charge in [0.15, 0.2) is 0 Å². The standard InChI is InChI=1S/C23H31N3O3S/c1-4-24-23(27)26-14-8-13-21(25-30(3,28)29)22(26)16-18-10-7-11-19(15-18)20-12-6-5-9-17(20)2/h5-7,9-12,15,21-22,25H,4,8,13-14,16H2,1-3H3,(H,24,27). The molecule has 0 bridgehead atoms. The number of likely N-dealkylation sites (tertiary alicyclic amines) is 1. The van der Waals surface area contributed by atoms with Crippen LogP contribution in [-0.2, 0) is 16.4 Å². The van der Waals surface area contributed by atoms with Gasteiger partial charge in [0.25, 0.3) is 0 Å². The van der Waals surface area contributed by atoms with Gasteiger partial charge in [-0.3, -0.25) is 0 Å². The maximum Gasteiger partial charge on any atom is 0.317 e. The van der Waals surface area contributed by atoms with Gasteiger partial charge in [-0.25, -0.2) is 17.9 Å². The van der Waals surface area contributed by atoms with E-state index < -0.39 is 10.0 Å². The highest BCUT2D eigenvalue weighted by molar-refractivity contribution is 7.88. The number of sulfonamides is 1. The molecule has 2 aromatic rings. The lowest BCUT2D eigenvalue weighted by molar-refractivity contribution is 0.134. The van der Waals surface area contributed by atoms with E-state index in [-0.39, 0.29) is 18.1 Å². The number of urea groups is 1. The molecule has 3 rings (SSSR count). The Labute approximate surface area is 179 Å². The van der Waals surface area contributed by atoms with Crippen molar-refractivity contribution in [2.45, 2.75) is 45.2 Å². The second kappa shape index (κ2) is 9.62. The molecule has 2 atom stereocenters. The summed E-state index contributed by atoms with van der Waals surface area (Å²) in [6.07, 6.45) is 3.24. The van der Waals surface area contributed by atoms with E-state index in [0.29, 0.717) is 25.9 Å². The molecule has 162 valence electrons. The van der Waals surface area contributed by atoms with Crippen molar-refractivity contribution in [3.8, 4) is 11.1 Å². The van der Waals surface area contributed by atoms with Crippen molar-refractivity contribution in [1.82, 2.24) is 14.9 Å². The number of carbonyl (C=O) groups excluding carboxylic acids is 1. The summed E-state index contributed by atoms with van der Waals surface area (Å²) in [6, 6.07) is 15.8. The summed E-state index contributed by atoms with van der Waals surface area (Å²) >= 11 is 0. The summed E-state index contributed by atoms with van der Waals surface area (Å²) < 4.78 is 26.7. The van der Waals surface area contributed by atoms with Crippen molar-refractivity contribution in [2.75, 3.05) is 19.3 Å². The van der Waals surface area contributed by atoms with Crippen LogP contribution in [0.25, 0.3) is 11.1 Å². The third-order valence-corrected chi connectivity index (χ3v) is 6.29. The maximum absolute atomic E-state index is 12.7. The number of aryl methyl sites for hydroxylation is 1. The van der Waals surface area contributed by atoms with Gasteiger partial charge in [0.1, 0.15) is 0 Å². The molecule has 2 unspecified atom stereocenters. The molecule has 1 heterocycles. The van der Waals surface area contributed by atoms with E-state index in [1.165, 1.54) is 17.4 Å². The first kappa shape index (κ1) is 22.3. The van der Waals surface area contributed by atoms with Crippen molar-refractivity contribution in [3.63, 3.8) is 0 Å². The predicted octanol–water partition coefficient (Wildman–Crippen LogP) is 3.32. The molecule has 7 heteroatoms. The Morgan fingerprint density at radius 2 is 1.93 bits per heavy atom. The number of piperidine rings is 1. The summed E-state index contributed by atoms with van der Waals surface area (Å²) in [5.74, 6) is 0. The molecule has 0 aliphatic carbocycles. The van der Waals surface area contributed by atoms with Crippen LogP contribution in [-0.4, -0.2) is 50.8 Å². The molecule has 2 N–H and O–H groups in total. The number of rotatable bonds is 6. The van der Waals surface area contributed by atoms with E-state index in [1.807, 2.05) is 31.2 Å². The maximum atomic E-state index is 12.7. The quantitative estimate of drug-likeness (QED) is 0.739. The molecule has 0 spiro atoms. The number of carbonyl (C=O) groups is 1. The number of nitrogens with one attached hydrogen (secondary N) is 2. The zero-order valence-corrected chi connectivity index (χ0v) is 18.7. The molecule has 30 heavy (non-hydrogen) atoms. The van der Waals surface area contributed by atoms with E-state index in [4.69, 9.17) is 0 Å². The highest BCUT2D eigenvalue weighted by atomic mass is 32.2. The van der Waals surface area contributed by atoms with Crippen LogP contribution in [0.1, 0.15) is 30.9 Å². The first-order chi connectivity index (χ1) is 14.3. The smallest absolute Gasteiger partial charge is 0.317 e. The SMILES string of the molecule is CCNC(=O)N1CCCC(NS(C)(=O)=O)C1Cc1cccc(-c2ccccc2C)c1. The van der Waals surface area contributed by atoms with Crippen LogP contribution < -0.4 is 10.0 Å². The van der Waals surface area contributed by atoms with E-state index >= 15 is 0 Å². The van der Waals surface area contributed by atoms with Gasteiger partial charge in [0.05, 0.1) is 12.3 Å². The van der Waals surface area contributed by atoms with Gasteiger partial charge < -0.3 is 10.2 Å². The zero-order valence-electron chi connectivity index (χ0n) is 17.9. The molecule has 0 aromatic heterocycles. The van der Waals surface area contributed by atoms with Gasteiger partial charge in [0.2, 0.25) is 10.0 Å². The zero-order chi connectivity index (χ0) is 21.7. The van der Waals surface area contributed by atoms with E-state index in [1.54, 1.807) is 4.90 Å². The summed E-state index contributed by atoms with van der Waals surface area (Å²) in [6.45, 7) is 5.13. The molecule has 1 saturated heterocycles. The molecule has 2 amide bonds. The summed E-state index contributed by atoms with van der Waals surface area (Å²) in [5.41, 5.74) is 4.58. The van der Waals surface area contributed by atoms with Gasteiger partial charge in [0, 0.05) is 19.1 Å². The third kappa shape index (κ3) is 5.61. The van der Waals surface area contributed by atoms with Crippen molar-refractivity contribution in [1.29, 1.82) is 0 Å². The molecule has 1 fully saturated rings. The van der Waals surface area contributed by atoms with Crippen LogP contribution in [0.15, 0.2) is 48.5 Å². The molecular formula is C23H31N3O3S. The monoisotopic (exact) mass is 429 g/mol. The number of nitrogens with zero attached hydrogens (tertiary/aromatic N) is 1. The normalized spacial score (nSPS) is 19.5. The summed E-state index contributed by atoms with van der Waals surface area (Å²) in [4.78, 5) is 14.5. The Morgan fingerprint density at radius 3 is 2.63 bits per heavy atom. The van der Waals surface area contributed by atoms with E-state index in [0.717, 1.165) is 17.5 Å². The Kier molecular flexibility index (Phi) is 7.15. The van der Waals surface area contributed by atoms with E-state index in [2.05, 4.69) is 41.2 Å². The van der Waals surface area contributed by atoms with Gasteiger partial charge in [-0.15, -0.1) is 0 Å². The van der Waals surface area contributed by atoms with Crippen LogP contribution in [0.4, 0.5) is 4.79 Å². The highest BCUT2D eigenvalue weighted by Crippen LogP contribution is 2.27. The number of benzene rings is 2. The topological polar surface area (TPSA) is 78.5 Å². The Bertz CT molecular complexity index is 991. The van der Waals surface area contributed by atoms with Crippen molar-refractivity contribution >= 4 is 16.1 Å². The Balaban J connectivity index is 1.91. The second-order valence-corrected chi connectivity index (χ2v) is 9.73. The number of amides is 2. The van der Waals surface area contributed by atoms with Crippen molar-refractivity contribution in [2.24, 2.45) is 0 Å². The molecular weight excluding hydrogens is 398 g/mol. The van der Waals surface area contributed by atoms with Gasteiger partial charge in [-0.1, -0.05) is 48.5 Å². The number of hydrogen-bond acceptors (Lipinski definition) is 3. The minimum Gasteiger partial charge on any atom is -0.338 e. The lowest BCUT2D eigenvalue weighted by Crippen LogP contribution is -2.59. The van der Waals surface area contributed by atoms with E-state index in [9.17, 15) is 13.2 Å². The minimum absolute atomic E-state index is 0.141. The minimum atomic E-state index is -3.38. The van der Waals surface area contributed by atoms with Gasteiger partial charge in [-0.2, -0.15) is 0 Å². The van der Waals surface area contributed by atoms with Crippen molar-refractivity contribution in [3.05, 3.63) is 59.7 Å². The fourth-order valence-corrected chi connectivity index (χ4v) is 5.06. The highest BCUT2D eigenvalue weighted by Gasteiger charge is 2.35. The van der Waals surface area contributed by atoms with Crippen LogP contribution in [0.5, 0.6) is 0 Å². The average molecular weight is 430 g/mol. The van der Waals surface area contributed by atoms with Crippen LogP contribution in [0.2, 0.25) is 0 Å². The first-order valence-corrected chi connectivity index (χ1v) is 12.3. The summed E-state index contributed by atoms with van der Waals surface area (Å²) in [5, 5.41) is 2.87. The first-order valence-electron chi connectivity index (χ1n) is 10.4. The molecule has 1 aliphatic rings. The average Bonchev–Trinajstić information content (AvgIpc) is 2.69. The second-order valence-electron chi connectivity index (χ2n) is 7.95. The lowest BCUT2D eigenvalue weighted by atomic mass is 9.90. The molecule has 2 aromatic carbocycles. The van der Waals surface area contributed by atoms with Crippen LogP contribution in [0.3, 0.4) is 0 Å².